The quantitative estimate of drug-likeness (QED) is 0.222. The molecule has 4 rings (SSSR count). The second-order valence-electron chi connectivity index (χ2n) is 10.8. The number of rotatable bonds is 11. The van der Waals surface area contributed by atoms with Crippen molar-refractivity contribution in [1.29, 1.82) is 0 Å². The Morgan fingerprint density at radius 2 is 1.70 bits per heavy atom. The highest BCUT2D eigenvalue weighted by Gasteiger charge is 2.51. The number of amidine groups is 1. The van der Waals surface area contributed by atoms with Crippen molar-refractivity contribution in [2.75, 3.05) is 27.8 Å². The van der Waals surface area contributed by atoms with Crippen LogP contribution in [0.4, 0.5) is 11.4 Å². The van der Waals surface area contributed by atoms with Crippen LogP contribution in [0, 0.1) is 5.92 Å². The number of aliphatic hydroxyl groups excluding tert-OH is 1. The van der Waals surface area contributed by atoms with Gasteiger partial charge in [-0.1, -0.05) is 38.1 Å². The lowest BCUT2D eigenvalue weighted by atomic mass is 9.72. The molecule has 0 saturated carbocycles. The van der Waals surface area contributed by atoms with Crippen LogP contribution in [-0.2, 0) is 50.4 Å². The molecule has 0 radical (unpaired) electrons. The fourth-order valence-corrected chi connectivity index (χ4v) is 9.30. The van der Waals surface area contributed by atoms with Gasteiger partial charge >= 0.3 is 0 Å². The third-order valence-corrected chi connectivity index (χ3v) is 11.2. The molecular weight excluding hydrogens is 659 g/mol. The fraction of sp³-hybridized carbons (Fsp3) is 0.360. The second kappa shape index (κ2) is 11.5. The Morgan fingerprint density at radius 3 is 2.32 bits per heavy atom. The first-order valence-electron chi connectivity index (χ1n) is 13.0. The number of carbonyl (C=O) groups is 1. The van der Waals surface area contributed by atoms with Gasteiger partial charge in [-0.05, 0) is 42.5 Å². The molecule has 1 heterocycles. The van der Waals surface area contributed by atoms with Crippen molar-refractivity contribution in [2.24, 2.45) is 15.5 Å². The van der Waals surface area contributed by atoms with E-state index < -0.39 is 85.0 Å². The van der Waals surface area contributed by atoms with Gasteiger partial charge in [0.05, 0.1) is 23.4 Å². The highest BCUT2D eigenvalue weighted by Crippen LogP contribution is 2.43. The molecule has 6 N–H and O–H groups in total. The molecule has 44 heavy (non-hydrogen) atoms. The molecule has 0 bridgehead atoms. The Bertz CT molecular complexity index is 2040. The van der Waals surface area contributed by atoms with Crippen LogP contribution in [0.25, 0.3) is 5.76 Å². The SMILES string of the molecule is CC(C)CCC1(NS(=O)(=O)CCS(N)(=O)=O)C(=O)C(C2=NS(=O)(=O)c3cc(NS(C)(=O)=O)ccc3N2)=C(O)c2ccccc21. The number of Topliss-reactive ketones (excluding diaryl/α,β-unsaturated/α-hetero) is 1. The maximum absolute atomic E-state index is 14.5. The van der Waals surface area contributed by atoms with Gasteiger partial charge in [-0.25, -0.2) is 30.4 Å². The van der Waals surface area contributed by atoms with Gasteiger partial charge in [-0.3, -0.25) is 9.52 Å². The van der Waals surface area contributed by atoms with Crippen LogP contribution in [-0.4, -0.2) is 68.2 Å². The zero-order valence-electron chi connectivity index (χ0n) is 23.7. The van der Waals surface area contributed by atoms with Gasteiger partial charge in [0.2, 0.25) is 30.1 Å². The lowest BCUT2D eigenvalue weighted by Crippen LogP contribution is -2.56. The number of fused-ring (bicyclic) bond motifs is 2. The van der Waals surface area contributed by atoms with Gasteiger partial charge in [0, 0.05) is 11.3 Å². The number of benzene rings is 2. The third-order valence-electron chi connectivity index (χ3n) is 6.82. The van der Waals surface area contributed by atoms with E-state index in [0.29, 0.717) is 0 Å². The van der Waals surface area contributed by atoms with Crippen LogP contribution in [0.5, 0.6) is 0 Å². The van der Waals surface area contributed by atoms with E-state index in [1.54, 1.807) is 0 Å². The molecule has 240 valence electrons. The molecule has 1 aliphatic carbocycles. The number of anilines is 2. The first-order chi connectivity index (χ1) is 20.1. The standard InChI is InChI=1S/C25H31N5O10S4/c1-15(2)10-11-25(30-43(37,38)13-12-42(26,35)36)18-7-5-4-6-17(18)22(31)21(23(25)32)24-27-19-9-8-16(28-41(3,33)34)14-20(19)44(39,40)29-24/h4-9,14-15,28,30-31H,10-13H2,1-3H3,(H,27,29)(H2,26,35,36). The monoisotopic (exact) mass is 689 g/mol. The number of sulfonamides is 4. The smallest absolute Gasteiger partial charge is 0.286 e. The summed E-state index contributed by atoms with van der Waals surface area (Å²) in [6, 6.07) is 9.41. The Morgan fingerprint density at radius 1 is 1.05 bits per heavy atom. The molecule has 0 aromatic heterocycles. The minimum absolute atomic E-state index is 0.0143. The van der Waals surface area contributed by atoms with Crippen molar-refractivity contribution in [3.8, 4) is 0 Å². The van der Waals surface area contributed by atoms with Crippen molar-refractivity contribution >= 4 is 68.8 Å². The van der Waals surface area contributed by atoms with Crippen molar-refractivity contribution in [3.05, 3.63) is 59.2 Å². The molecule has 0 spiro atoms. The summed E-state index contributed by atoms with van der Waals surface area (Å²) in [6.07, 6.45) is 1.01. The molecule has 2 aliphatic rings. The Balaban J connectivity index is 1.90. The highest BCUT2D eigenvalue weighted by atomic mass is 32.2. The molecule has 2 aromatic rings. The van der Waals surface area contributed by atoms with Crippen LogP contribution < -0.4 is 19.9 Å². The van der Waals surface area contributed by atoms with Gasteiger partial charge in [0.15, 0.2) is 11.6 Å². The zero-order chi connectivity index (χ0) is 32.9. The largest absolute Gasteiger partial charge is 0.506 e. The van der Waals surface area contributed by atoms with Crippen LogP contribution in [0.3, 0.4) is 0 Å². The number of hydrogen-bond acceptors (Lipinski definition) is 11. The lowest BCUT2D eigenvalue weighted by Gasteiger charge is -2.39. The summed E-state index contributed by atoms with van der Waals surface area (Å²) < 4.78 is 108. The van der Waals surface area contributed by atoms with Gasteiger partial charge in [-0.2, -0.15) is 13.1 Å². The van der Waals surface area contributed by atoms with E-state index in [2.05, 4.69) is 19.2 Å². The average Bonchev–Trinajstić information content (AvgIpc) is 2.88. The number of aliphatic hydroxyl groups is 1. The summed E-state index contributed by atoms with van der Waals surface area (Å²) in [5, 5.41) is 19.1. The number of hydrogen-bond donors (Lipinski definition) is 5. The maximum atomic E-state index is 14.5. The molecule has 1 unspecified atom stereocenters. The van der Waals surface area contributed by atoms with Crippen LogP contribution in [0.15, 0.2) is 57.3 Å². The first-order valence-corrected chi connectivity index (χ1v) is 19.7. The predicted molar refractivity (Wildman–Crippen MR) is 165 cm³/mol. The van der Waals surface area contributed by atoms with Gasteiger partial charge in [-0.15, -0.1) is 4.40 Å². The first kappa shape index (κ1) is 33.5. The summed E-state index contributed by atoms with van der Waals surface area (Å²) >= 11 is 0. The molecular formula is C25H31N5O10S4. The van der Waals surface area contributed by atoms with Crippen molar-refractivity contribution in [3.63, 3.8) is 0 Å². The topological polar surface area (TPSA) is 248 Å². The maximum Gasteiger partial charge on any atom is 0.286 e. The number of nitrogens with one attached hydrogen (secondary N) is 3. The van der Waals surface area contributed by atoms with Crippen molar-refractivity contribution < 1.29 is 43.6 Å². The van der Waals surface area contributed by atoms with E-state index in [1.165, 1.54) is 36.4 Å². The van der Waals surface area contributed by atoms with Crippen molar-refractivity contribution in [2.45, 2.75) is 37.1 Å². The normalized spacial score (nSPS) is 20.0. The van der Waals surface area contributed by atoms with Gasteiger partial charge in [0.1, 0.15) is 21.8 Å². The molecule has 0 fully saturated rings. The molecule has 19 heteroatoms. The predicted octanol–water partition coefficient (Wildman–Crippen LogP) is 0.962. The minimum Gasteiger partial charge on any atom is -0.506 e. The average molecular weight is 690 g/mol. The third kappa shape index (κ3) is 7.13. The molecule has 1 atom stereocenters. The number of primary sulfonamides is 1. The Kier molecular flexibility index (Phi) is 8.79. The zero-order valence-corrected chi connectivity index (χ0v) is 27.0. The van der Waals surface area contributed by atoms with Crippen LogP contribution >= 0.6 is 0 Å². The molecule has 15 nitrogen and oxygen atoms in total. The number of ketones is 1. The summed E-state index contributed by atoms with van der Waals surface area (Å²) in [4.78, 5) is 14.0. The fourth-order valence-electron chi connectivity index (χ4n) is 4.85. The molecule has 0 saturated heterocycles. The summed E-state index contributed by atoms with van der Waals surface area (Å²) in [5.41, 5.74) is -2.81. The number of nitrogens with two attached hydrogens (primary N) is 1. The van der Waals surface area contributed by atoms with E-state index in [4.69, 9.17) is 5.14 Å². The van der Waals surface area contributed by atoms with E-state index in [9.17, 15) is 43.6 Å². The Hall–Kier alpha value is -3.36. The molecule has 2 aromatic carbocycles. The van der Waals surface area contributed by atoms with E-state index >= 15 is 0 Å². The van der Waals surface area contributed by atoms with E-state index in [0.717, 1.165) is 12.3 Å². The minimum atomic E-state index is -4.59. The second-order valence-corrected chi connectivity index (χ2v) is 17.7. The Labute approximate surface area is 255 Å². The van der Waals surface area contributed by atoms with E-state index in [1.807, 2.05) is 13.8 Å². The summed E-state index contributed by atoms with van der Waals surface area (Å²) in [7, 11) is -17.1. The van der Waals surface area contributed by atoms with Crippen LogP contribution in [0.2, 0.25) is 0 Å². The number of carbonyl (C=O) groups excluding carboxylic acids is 1. The van der Waals surface area contributed by atoms with E-state index in [-0.39, 0.29) is 41.3 Å². The molecule has 0 amide bonds. The molecule has 1 aliphatic heterocycles. The summed E-state index contributed by atoms with van der Waals surface area (Å²) in [5.74, 6) is -4.26. The summed E-state index contributed by atoms with van der Waals surface area (Å²) in [6.45, 7) is 3.67. The van der Waals surface area contributed by atoms with Gasteiger partial charge in [0.25, 0.3) is 10.0 Å². The number of nitrogens with zero attached hydrogens (tertiary/aromatic N) is 1. The van der Waals surface area contributed by atoms with Crippen LogP contribution in [0.1, 0.15) is 37.8 Å². The lowest BCUT2D eigenvalue weighted by molar-refractivity contribution is -0.121. The highest BCUT2D eigenvalue weighted by molar-refractivity contribution is 7.93. The van der Waals surface area contributed by atoms with Gasteiger partial charge < -0.3 is 10.4 Å². The van der Waals surface area contributed by atoms with Crippen molar-refractivity contribution in [1.82, 2.24) is 4.72 Å².